The third-order valence-electron chi connectivity index (χ3n) is 3.43. The van der Waals surface area contributed by atoms with E-state index in [4.69, 9.17) is 10.5 Å². The Labute approximate surface area is 125 Å². The highest BCUT2D eigenvalue weighted by Gasteiger charge is 2.16. The number of nitrogens with zero attached hydrogens (tertiary/aromatic N) is 1. The summed E-state index contributed by atoms with van der Waals surface area (Å²) in [5, 5.41) is 0. The molecule has 1 aromatic carbocycles. The molecule has 0 amide bonds. The van der Waals surface area contributed by atoms with Gasteiger partial charge in [-0.15, -0.1) is 0 Å². The van der Waals surface area contributed by atoms with Gasteiger partial charge >= 0.3 is 0 Å². The Balaban J connectivity index is 3.04. The van der Waals surface area contributed by atoms with Crippen molar-refractivity contribution < 1.29 is 4.74 Å². The summed E-state index contributed by atoms with van der Waals surface area (Å²) in [6.45, 7) is 6.67. The van der Waals surface area contributed by atoms with Crippen LogP contribution >= 0.6 is 15.9 Å². The maximum absolute atomic E-state index is 5.76. The van der Waals surface area contributed by atoms with Crippen LogP contribution in [0.3, 0.4) is 0 Å². The quantitative estimate of drug-likeness (QED) is 0.793. The van der Waals surface area contributed by atoms with Crippen molar-refractivity contribution >= 4 is 21.6 Å². The zero-order chi connectivity index (χ0) is 14.3. The molecule has 108 valence electrons. The van der Waals surface area contributed by atoms with E-state index in [1.807, 2.05) is 0 Å². The van der Waals surface area contributed by atoms with E-state index < -0.39 is 0 Å². The summed E-state index contributed by atoms with van der Waals surface area (Å²) in [5.74, 6) is 0. The van der Waals surface area contributed by atoms with Crippen LogP contribution < -0.4 is 10.6 Å². The van der Waals surface area contributed by atoms with Gasteiger partial charge in [-0.1, -0.05) is 29.8 Å². The third kappa shape index (κ3) is 4.79. The largest absolute Gasteiger partial charge is 0.383 e. The summed E-state index contributed by atoms with van der Waals surface area (Å²) < 4.78 is 6.32. The molecule has 4 heteroatoms. The predicted octanol–water partition coefficient (Wildman–Crippen LogP) is 3.55. The van der Waals surface area contributed by atoms with Crippen LogP contribution in [0.15, 0.2) is 22.7 Å². The van der Waals surface area contributed by atoms with Crippen LogP contribution in [0.25, 0.3) is 0 Å². The third-order valence-corrected chi connectivity index (χ3v) is 3.89. The van der Waals surface area contributed by atoms with Gasteiger partial charge < -0.3 is 15.4 Å². The predicted molar refractivity (Wildman–Crippen MR) is 85.6 cm³/mol. The number of anilines is 1. The molecule has 0 saturated carbocycles. The maximum atomic E-state index is 5.76. The van der Waals surface area contributed by atoms with Crippen molar-refractivity contribution in [2.24, 2.45) is 5.73 Å². The van der Waals surface area contributed by atoms with Gasteiger partial charge in [0.2, 0.25) is 0 Å². The molecule has 1 rings (SSSR count). The van der Waals surface area contributed by atoms with E-state index in [-0.39, 0.29) is 0 Å². The molecule has 0 aliphatic heterocycles. The lowest BCUT2D eigenvalue weighted by Gasteiger charge is -2.33. The van der Waals surface area contributed by atoms with Crippen LogP contribution in [0.5, 0.6) is 0 Å². The normalized spacial score (nSPS) is 11.1. The summed E-state index contributed by atoms with van der Waals surface area (Å²) in [6.07, 6.45) is 2.26. The molecule has 0 radical (unpaired) electrons. The summed E-state index contributed by atoms with van der Waals surface area (Å²) in [4.78, 5) is 2.42. The topological polar surface area (TPSA) is 38.5 Å². The molecule has 0 aliphatic carbocycles. The van der Waals surface area contributed by atoms with E-state index in [0.717, 1.165) is 36.0 Å². The summed E-state index contributed by atoms with van der Waals surface area (Å²) in [6, 6.07) is 6.95. The van der Waals surface area contributed by atoms with E-state index in [2.05, 4.69) is 52.9 Å². The first-order chi connectivity index (χ1) is 9.15. The number of ether oxygens (including phenoxy) is 1. The van der Waals surface area contributed by atoms with Crippen molar-refractivity contribution in [2.45, 2.75) is 39.3 Å². The van der Waals surface area contributed by atoms with E-state index in [9.17, 15) is 0 Å². The van der Waals surface area contributed by atoms with E-state index in [1.54, 1.807) is 7.11 Å². The fraction of sp³-hybridized carbons (Fsp3) is 0.600. The average Bonchev–Trinajstić information content (AvgIpc) is 2.42. The van der Waals surface area contributed by atoms with Crippen molar-refractivity contribution in [2.75, 3.05) is 25.2 Å². The van der Waals surface area contributed by atoms with Crippen molar-refractivity contribution in [1.29, 1.82) is 0 Å². The molecule has 0 aliphatic rings. The summed E-state index contributed by atoms with van der Waals surface area (Å²) in [5.41, 5.74) is 8.14. The Kier molecular flexibility index (Phi) is 7.42. The second kappa shape index (κ2) is 8.56. The average molecular weight is 329 g/mol. The Hall–Kier alpha value is -0.580. The van der Waals surface area contributed by atoms with Crippen molar-refractivity contribution in [1.82, 2.24) is 0 Å². The molecule has 0 heterocycles. The van der Waals surface area contributed by atoms with Gasteiger partial charge in [0, 0.05) is 36.4 Å². The molecule has 0 bridgehead atoms. The molecular formula is C15H25BrN2O. The van der Waals surface area contributed by atoms with Gasteiger partial charge in [-0.25, -0.2) is 0 Å². The van der Waals surface area contributed by atoms with E-state index in [1.165, 1.54) is 5.69 Å². The smallest absolute Gasteiger partial charge is 0.0637 e. The molecule has 19 heavy (non-hydrogen) atoms. The van der Waals surface area contributed by atoms with Gasteiger partial charge in [-0.3, -0.25) is 0 Å². The Morgan fingerprint density at radius 3 is 2.47 bits per heavy atom. The number of methoxy groups -OCH3 is 1. The standard InChI is InChI=1S/C15H25BrN2O/c1-4-14(5-2)18(6-7-19-3)15-9-12(11-17)8-13(16)10-15/h8-10,14H,4-7,11,17H2,1-3H3. The zero-order valence-corrected chi connectivity index (χ0v) is 13.7. The fourth-order valence-electron chi connectivity index (χ4n) is 2.36. The number of rotatable bonds is 8. The fourth-order valence-corrected chi connectivity index (χ4v) is 2.89. The highest BCUT2D eigenvalue weighted by molar-refractivity contribution is 9.10. The second-order valence-electron chi connectivity index (χ2n) is 4.68. The molecule has 0 spiro atoms. The van der Waals surface area contributed by atoms with Crippen LogP contribution in [-0.4, -0.2) is 26.3 Å². The van der Waals surface area contributed by atoms with Gasteiger partial charge in [-0.2, -0.15) is 0 Å². The lowest BCUT2D eigenvalue weighted by atomic mass is 10.1. The number of halogens is 1. The molecule has 2 N–H and O–H groups in total. The SMILES string of the molecule is CCC(CC)N(CCOC)c1cc(Br)cc(CN)c1. The second-order valence-corrected chi connectivity index (χ2v) is 5.59. The van der Waals surface area contributed by atoms with Crippen molar-refractivity contribution in [3.8, 4) is 0 Å². The van der Waals surface area contributed by atoms with Crippen LogP contribution in [0.4, 0.5) is 5.69 Å². The molecule has 0 unspecified atom stereocenters. The number of benzene rings is 1. The lowest BCUT2D eigenvalue weighted by molar-refractivity contribution is 0.202. The monoisotopic (exact) mass is 328 g/mol. The van der Waals surface area contributed by atoms with Gasteiger partial charge in [0.15, 0.2) is 0 Å². The Bertz CT molecular complexity index is 380. The van der Waals surface area contributed by atoms with Crippen LogP contribution in [0.1, 0.15) is 32.3 Å². The Morgan fingerprint density at radius 1 is 1.26 bits per heavy atom. The maximum Gasteiger partial charge on any atom is 0.0637 e. The van der Waals surface area contributed by atoms with Gasteiger partial charge in [0.25, 0.3) is 0 Å². The highest BCUT2D eigenvalue weighted by atomic mass is 79.9. The summed E-state index contributed by atoms with van der Waals surface area (Å²) in [7, 11) is 1.75. The zero-order valence-electron chi connectivity index (χ0n) is 12.2. The van der Waals surface area contributed by atoms with E-state index >= 15 is 0 Å². The first-order valence-corrected chi connectivity index (χ1v) is 7.70. The minimum absolute atomic E-state index is 0.537. The first kappa shape index (κ1) is 16.5. The van der Waals surface area contributed by atoms with Crippen LogP contribution in [0, 0.1) is 0 Å². The number of hydrogen-bond acceptors (Lipinski definition) is 3. The molecule has 0 aromatic heterocycles. The highest BCUT2D eigenvalue weighted by Crippen LogP contribution is 2.26. The van der Waals surface area contributed by atoms with Gasteiger partial charge in [-0.05, 0) is 36.6 Å². The molecule has 3 nitrogen and oxygen atoms in total. The molecule has 0 saturated heterocycles. The first-order valence-electron chi connectivity index (χ1n) is 6.91. The summed E-state index contributed by atoms with van der Waals surface area (Å²) >= 11 is 3.57. The van der Waals surface area contributed by atoms with Gasteiger partial charge in [0.05, 0.1) is 6.61 Å². The molecular weight excluding hydrogens is 304 g/mol. The van der Waals surface area contributed by atoms with Crippen molar-refractivity contribution in [3.05, 3.63) is 28.2 Å². The minimum atomic E-state index is 0.537. The van der Waals surface area contributed by atoms with Crippen LogP contribution in [0.2, 0.25) is 0 Å². The van der Waals surface area contributed by atoms with Crippen molar-refractivity contribution in [3.63, 3.8) is 0 Å². The number of nitrogens with two attached hydrogens (primary N) is 1. The Morgan fingerprint density at radius 2 is 1.95 bits per heavy atom. The lowest BCUT2D eigenvalue weighted by Crippen LogP contribution is -2.37. The molecule has 0 fully saturated rings. The molecule has 0 atom stereocenters. The molecule has 1 aromatic rings. The van der Waals surface area contributed by atoms with E-state index in [0.29, 0.717) is 12.6 Å². The number of hydrogen-bond donors (Lipinski definition) is 1. The minimum Gasteiger partial charge on any atom is -0.383 e. The van der Waals surface area contributed by atoms with Crippen LogP contribution in [-0.2, 0) is 11.3 Å². The van der Waals surface area contributed by atoms with Gasteiger partial charge in [0.1, 0.15) is 0 Å².